The van der Waals surface area contributed by atoms with Gasteiger partial charge in [-0.15, -0.1) is 0 Å². The molecule has 0 unspecified atom stereocenters. The van der Waals surface area contributed by atoms with Crippen molar-refractivity contribution in [2.75, 3.05) is 5.32 Å². The predicted molar refractivity (Wildman–Crippen MR) is 76.8 cm³/mol. The molecule has 0 atom stereocenters. The third-order valence-electron chi connectivity index (χ3n) is 2.66. The summed E-state index contributed by atoms with van der Waals surface area (Å²) < 4.78 is 2.80. The quantitative estimate of drug-likeness (QED) is 0.863. The molecule has 20 heavy (non-hydrogen) atoms. The van der Waals surface area contributed by atoms with Crippen LogP contribution in [0.5, 0.6) is 0 Å². The van der Waals surface area contributed by atoms with Gasteiger partial charge in [-0.3, -0.25) is 19.1 Å². The molecule has 2 heterocycles. The number of hydrogen-bond acceptors (Lipinski definition) is 4. The van der Waals surface area contributed by atoms with E-state index in [1.807, 2.05) is 0 Å². The molecular weight excluding hydrogens is 328 g/mol. The first-order valence-corrected chi connectivity index (χ1v) is 6.38. The number of amides is 1. The molecule has 0 aliphatic rings. The van der Waals surface area contributed by atoms with Gasteiger partial charge >= 0.3 is 5.69 Å². The van der Waals surface area contributed by atoms with Gasteiger partial charge in [-0.1, -0.05) is 0 Å². The number of pyridine rings is 1. The van der Waals surface area contributed by atoms with Crippen LogP contribution in [0.4, 0.5) is 5.69 Å². The summed E-state index contributed by atoms with van der Waals surface area (Å²) in [5.41, 5.74) is -0.698. The highest BCUT2D eigenvalue weighted by atomic mass is 79.9. The first-order chi connectivity index (χ1) is 9.40. The Kier molecular flexibility index (Phi) is 3.84. The Morgan fingerprint density at radius 3 is 2.65 bits per heavy atom. The van der Waals surface area contributed by atoms with Crippen LogP contribution in [0.2, 0.25) is 0 Å². The van der Waals surface area contributed by atoms with Crippen molar-refractivity contribution in [2.24, 2.45) is 14.1 Å². The lowest BCUT2D eigenvalue weighted by Crippen LogP contribution is -2.38. The maximum Gasteiger partial charge on any atom is 0.330 e. The summed E-state index contributed by atoms with van der Waals surface area (Å²) in [5, 5.41) is 2.47. The molecule has 2 rings (SSSR count). The molecule has 0 spiro atoms. The summed E-state index contributed by atoms with van der Waals surface area (Å²) >= 11 is 3.21. The van der Waals surface area contributed by atoms with Crippen molar-refractivity contribution in [3.8, 4) is 0 Å². The van der Waals surface area contributed by atoms with E-state index in [2.05, 4.69) is 26.2 Å². The molecule has 0 aliphatic heterocycles. The van der Waals surface area contributed by atoms with Crippen molar-refractivity contribution in [2.45, 2.75) is 0 Å². The summed E-state index contributed by atoms with van der Waals surface area (Å²) in [7, 11) is 2.85. The molecule has 0 fully saturated rings. The summed E-state index contributed by atoms with van der Waals surface area (Å²) in [4.78, 5) is 39.3. The fourth-order valence-electron chi connectivity index (χ4n) is 1.62. The highest BCUT2D eigenvalue weighted by Gasteiger charge is 2.12. The van der Waals surface area contributed by atoms with Crippen molar-refractivity contribution in [3.05, 3.63) is 55.5 Å². The minimum atomic E-state index is -0.565. The molecule has 2 aromatic rings. The zero-order valence-electron chi connectivity index (χ0n) is 10.8. The van der Waals surface area contributed by atoms with Gasteiger partial charge in [0, 0.05) is 37.2 Å². The summed E-state index contributed by atoms with van der Waals surface area (Å²) in [6.45, 7) is 0. The average Bonchev–Trinajstić information content (AvgIpc) is 2.42. The van der Waals surface area contributed by atoms with Gasteiger partial charge in [-0.2, -0.15) is 0 Å². The second-order valence-electron chi connectivity index (χ2n) is 4.15. The van der Waals surface area contributed by atoms with Gasteiger partial charge < -0.3 is 9.88 Å². The maximum absolute atomic E-state index is 12.0. The van der Waals surface area contributed by atoms with Crippen LogP contribution in [0.15, 0.2) is 38.7 Å². The lowest BCUT2D eigenvalue weighted by molar-refractivity contribution is 0.102. The van der Waals surface area contributed by atoms with Gasteiger partial charge in [0.1, 0.15) is 5.69 Å². The number of aromatic nitrogens is 3. The fraction of sp³-hybridized carbons (Fsp3) is 0.167. The number of aryl methyl sites for hydroxylation is 1. The minimum Gasteiger partial charge on any atom is -0.316 e. The molecule has 0 bridgehead atoms. The average molecular weight is 339 g/mol. The van der Waals surface area contributed by atoms with Crippen LogP contribution in [0, 0.1) is 0 Å². The van der Waals surface area contributed by atoms with Gasteiger partial charge in [0.05, 0.1) is 5.56 Å². The standard InChI is InChI=1S/C12H11BrN4O3/c1-16-6-9(11(19)17(2)12(16)20)15-10(18)7-3-8(13)5-14-4-7/h3-6H,1-2H3,(H,15,18). The molecule has 1 N–H and O–H groups in total. The monoisotopic (exact) mass is 338 g/mol. The second-order valence-corrected chi connectivity index (χ2v) is 5.06. The Morgan fingerprint density at radius 2 is 2.00 bits per heavy atom. The number of carbonyl (C=O) groups is 1. The molecule has 104 valence electrons. The Hall–Kier alpha value is -2.22. The van der Waals surface area contributed by atoms with Crippen molar-refractivity contribution in [1.29, 1.82) is 0 Å². The zero-order chi connectivity index (χ0) is 14.9. The summed E-state index contributed by atoms with van der Waals surface area (Å²) in [6, 6.07) is 1.58. The molecule has 0 aliphatic carbocycles. The van der Waals surface area contributed by atoms with Crippen molar-refractivity contribution < 1.29 is 4.79 Å². The van der Waals surface area contributed by atoms with E-state index in [1.54, 1.807) is 12.3 Å². The lowest BCUT2D eigenvalue weighted by atomic mass is 10.2. The number of halogens is 1. The molecular formula is C12H11BrN4O3. The van der Waals surface area contributed by atoms with E-state index in [0.717, 1.165) is 4.57 Å². The van der Waals surface area contributed by atoms with Crippen LogP contribution in [0.1, 0.15) is 10.4 Å². The number of hydrogen-bond donors (Lipinski definition) is 1. The Labute approximate surface area is 122 Å². The van der Waals surface area contributed by atoms with Crippen LogP contribution in [-0.4, -0.2) is 20.0 Å². The predicted octanol–water partition coefficient (Wildman–Crippen LogP) is 0.494. The fourth-order valence-corrected chi connectivity index (χ4v) is 1.99. The minimum absolute atomic E-state index is 0.0274. The molecule has 7 nitrogen and oxygen atoms in total. The number of anilines is 1. The largest absolute Gasteiger partial charge is 0.330 e. The number of rotatable bonds is 2. The molecule has 1 amide bonds. The van der Waals surface area contributed by atoms with Crippen LogP contribution < -0.4 is 16.6 Å². The van der Waals surface area contributed by atoms with Gasteiger partial charge in [0.15, 0.2) is 0 Å². The maximum atomic E-state index is 12.0. The van der Waals surface area contributed by atoms with Crippen LogP contribution in [-0.2, 0) is 14.1 Å². The van der Waals surface area contributed by atoms with E-state index >= 15 is 0 Å². The zero-order valence-corrected chi connectivity index (χ0v) is 12.3. The number of nitrogens with one attached hydrogen (secondary N) is 1. The van der Waals surface area contributed by atoms with Crippen LogP contribution in [0.3, 0.4) is 0 Å². The number of nitrogens with zero attached hydrogens (tertiary/aromatic N) is 3. The Balaban J connectivity index is 2.38. The van der Waals surface area contributed by atoms with E-state index in [4.69, 9.17) is 0 Å². The van der Waals surface area contributed by atoms with Gasteiger partial charge in [0.2, 0.25) is 0 Å². The van der Waals surface area contributed by atoms with Gasteiger partial charge in [0.25, 0.3) is 11.5 Å². The first kappa shape index (κ1) is 14.2. The summed E-state index contributed by atoms with van der Waals surface area (Å²) in [6.07, 6.45) is 4.21. The SMILES string of the molecule is Cn1cc(NC(=O)c2cncc(Br)c2)c(=O)n(C)c1=O. The lowest BCUT2D eigenvalue weighted by Gasteiger charge is -2.08. The van der Waals surface area contributed by atoms with Crippen LogP contribution >= 0.6 is 15.9 Å². The summed E-state index contributed by atoms with van der Waals surface area (Å²) in [5.74, 6) is -0.477. The molecule has 2 aromatic heterocycles. The third kappa shape index (κ3) is 2.69. The normalized spacial score (nSPS) is 10.3. The molecule has 0 saturated carbocycles. The van der Waals surface area contributed by atoms with E-state index in [0.29, 0.717) is 10.0 Å². The van der Waals surface area contributed by atoms with Gasteiger partial charge in [-0.05, 0) is 22.0 Å². The second kappa shape index (κ2) is 5.41. The third-order valence-corrected chi connectivity index (χ3v) is 3.10. The highest BCUT2D eigenvalue weighted by Crippen LogP contribution is 2.10. The van der Waals surface area contributed by atoms with E-state index in [1.165, 1.54) is 31.1 Å². The molecule has 0 aromatic carbocycles. The van der Waals surface area contributed by atoms with Crippen LogP contribution in [0.25, 0.3) is 0 Å². The smallest absolute Gasteiger partial charge is 0.316 e. The topological polar surface area (TPSA) is 86.0 Å². The van der Waals surface area contributed by atoms with E-state index in [-0.39, 0.29) is 5.69 Å². The number of carbonyl (C=O) groups excluding carboxylic acids is 1. The van der Waals surface area contributed by atoms with E-state index in [9.17, 15) is 14.4 Å². The Morgan fingerprint density at radius 1 is 1.30 bits per heavy atom. The van der Waals surface area contributed by atoms with Crippen molar-refractivity contribution >= 4 is 27.5 Å². The highest BCUT2D eigenvalue weighted by molar-refractivity contribution is 9.10. The van der Waals surface area contributed by atoms with Gasteiger partial charge in [-0.25, -0.2) is 4.79 Å². The molecule has 0 radical (unpaired) electrons. The molecule has 0 saturated heterocycles. The van der Waals surface area contributed by atoms with E-state index < -0.39 is 17.2 Å². The first-order valence-electron chi connectivity index (χ1n) is 5.58. The molecule has 8 heteroatoms. The van der Waals surface area contributed by atoms with Crippen molar-refractivity contribution in [3.63, 3.8) is 0 Å². The van der Waals surface area contributed by atoms with Crippen molar-refractivity contribution in [1.82, 2.24) is 14.1 Å². The Bertz CT molecular complexity index is 794.